The number of nitrogens with one attached hydrogen (secondary N) is 2. The summed E-state index contributed by atoms with van der Waals surface area (Å²) in [6.07, 6.45) is 1.93. The summed E-state index contributed by atoms with van der Waals surface area (Å²) in [5.41, 5.74) is 1.85. The van der Waals surface area contributed by atoms with Crippen molar-refractivity contribution in [3.63, 3.8) is 0 Å². The van der Waals surface area contributed by atoms with E-state index < -0.39 is 6.03 Å². The van der Waals surface area contributed by atoms with Gasteiger partial charge in [0.2, 0.25) is 5.91 Å². The normalized spacial score (nSPS) is 17.5. The zero-order valence-electron chi connectivity index (χ0n) is 17.2. The van der Waals surface area contributed by atoms with Crippen LogP contribution in [-0.4, -0.2) is 60.5 Å². The summed E-state index contributed by atoms with van der Waals surface area (Å²) in [5, 5.41) is 5.12. The maximum Gasteiger partial charge on any atom is 0.321 e. The molecule has 164 valence electrons. The van der Waals surface area contributed by atoms with E-state index in [1.54, 1.807) is 24.3 Å². The number of amides is 3. The molecule has 2 aliphatic rings. The smallest absolute Gasteiger partial charge is 0.321 e. The minimum absolute atomic E-state index is 0.138. The Morgan fingerprint density at radius 2 is 1.39 bits per heavy atom. The Morgan fingerprint density at radius 3 is 1.87 bits per heavy atom. The van der Waals surface area contributed by atoms with E-state index in [1.165, 1.54) is 24.3 Å². The Labute approximate surface area is 180 Å². The van der Waals surface area contributed by atoms with Crippen LogP contribution in [0.2, 0.25) is 0 Å². The van der Waals surface area contributed by atoms with Gasteiger partial charge < -0.3 is 5.32 Å². The lowest BCUT2D eigenvalue weighted by atomic mass is 9.96. The maximum atomic E-state index is 13.4. The highest BCUT2D eigenvalue weighted by atomic mass is 19.1. The van der Waals surface area contributed by atoms with Gasteiger partial charge in [-0.1, -0.05) is 24.3 Å². The molecule has 1 aliphatic heterocycles. The van der Waals surface area contributed by atoms with Crippen molar-refractivity contribution in [2.24, 2.45) is 0 Å². The molecule has 6 nitrogen and oxygen atoms in total. The number of carbonyl (C=O) groups excluding carboxylic acids is 2. The fourth-order valence-electron chi connectivity index (χ4n) is 3.90. The molecule has 0 bridgehead atoms. The lowest BCUT2D eigenvalue weighted by Crippen LogP contribution is -2.51. The van der Waals surface area contributed by atoms with Gasteiger partial charge in [0.1, 0.15) is 11.6 Å². The molecule has 1 heterocycles. The van der Waals surface area contributed by atoms with Crippen molar-refractivity contribution >= 4 is 11.9 Å². The summed E-state index contributed by atoms with van der Waals surface area (Å²) in [6, 6.07) is 12.4. The fourth-order valence-corrected chi connectivity index (χ4v) is 3.90. The van der Waals surface area contributed by atoms with E-state index in [-0.39, 0.29) is 36.2 Å². The Morgan fingerprint density at radius 1 is 0.871 bits per heavy atom. The monoisotopic (exact) mass is 428 g/mol. The number of halogens is 2. The molecule has 0 atom stereocenters. The molecule has 2 N–H and O–H groups in total. The Kier molecular flexibility index (Phi) is 6.58. The summed E-state index contributed by atoms with van der Waals surface area (Å²) in [4.78, 5) is 28.1. The number of urea groups is 1. The van der Waals surface area contributed by atoms with Gasteiger partial charge in [0, 0.05) is 32.2 Å². The van der Waals surface area contributed by atoms with Crippen LogP contribution in [-0.2, 0) is 4.79 Å². The van der Waals surface area contributed by atoms with Gasteiger partial charge in [-0.05, 0) is 48.2 Å². The van der Waals surface area contributed by atoms with Gasteiger partial charge in [-0.2, -0.15) is 0 Å². The van der Waals surface area contributed by atoms with Gasteiger partial charge in [-0.25, -0.2) is 13.6 Å². The second-order valence-corrected chi connectivity index (χ2v) is 8.11. The van der Waals surface area contributed by atoms with Crippen LogP contribution in [0.1, 0.15) is 30.0 Å². The van der Waals surface area contributed by atoms with Crippen molar-refractivity contribution in [3.05, 3.63) is 71.3 Å². The summed E-state index contributed by atoms with van der Waals surface area (Å²) in [7, 11) is 0. The topological polar surface area (TPSA) is 64.7 Å². The predicted octanol–water partition coefficient (Wildman–Crippen LogP) is 2.66. The average Bonchev–Trinajstić information content (AvgIpc) is 3.56. The molecular formula is C23H26F2N4O2. The van der Waals surface area contributed by atoms with Crippen LogP contribution in [0.4, 0.5) is 13.6 Å². The van der Waals surface area contributed by atoms with Gasteiger partial charge in [-0.3, -0.25) is 19.9 Å². The number of hydrogen-bond acceptors (Lipinski definition) is 4. The standard InChI is InChI=1S/C23H26F2N4O2/c24-18-5-1-16(2-6-18)22(17-3-7-19(25)8-4-17)29-13-11-28(12-14-29)15-21(30)27-23(31)26-20-9-10-20/h1-8,20,22H,9-15H2,(H2,26,27,30,31). The number of piperazine rings is 1. The molecule has 8 heteroatoms. The van der Waals surface area contributed by atoms with Crippen LogP contribution < -0.4 is 10.6 Å². The number of benzene rings is 2. The van der Waals surface area contributed by atoms with E-state index in [0.29, 0.717) is 26.2 Å². The lowest BCUT2D eigenvalue weighted by molar-refractivity contribution is -0.121. The van der Waals surface area contributed by atoms with Crippen molar-refractivity contribution in [3.8, 4) is 0 Å². The van der Waals surface area contributed by atoms with Crippen molar-refractivity contribution in [1.29, 1.82) is 0 Å². The SMILES string of the molecule is O=C(CN1CCN(C(c2ccc(F)cc2)c2ccc(F)cc2)CC1)NC(=O)NC1CC1. The Bertz CT molecular complexity index is 863. The first-order valence-corrected chi connectivity index (χ1v) is 10.6. The molecule has 1 saturated carbocycles. The van der Waals surface area contributed by atoms with Crippen LogP contribution in [0.15, 0.2) is 48.5 Å². The fraction of sp³-hybridized carbons (Fsp3) is 0.391. The van der Waals surface area contributed by atoms with E-state index in [1.807, 2.05) is 4.90 Å². The number of carbonyl (C=O) groups is 2. The Balaban J connectivity index is 1.38. The van der Waals surface area contributed by atoms with E-state index >= 15 is 0 Å². The molecule has 0 unspecified atom stereocenters. The van der Waals surface area contributed by atoms with Crippen molar-refractivity contribution in [2.75, 3.05) is 32.7 Å². The predicted molar refractivity (Wildman–Crippen MR) is 112 cm³/mol. The van der Waals surface area contributed by atoms with Crippen molar-refractivity contribution in [2.45, 2.75) is 24.9 Å². The van der Waals surface area contributed by atoms with Crippen LogP contribution in [0.5, 0.6) is 0 Å². The Hall–Kier alpha value is -2.84. The molecule has 2 aromatic carbocycles. The van der Waals surface area contributed by atoms with Crippen molar-refractivity contribution < 1.29 is 18.4 Å². The molecule has 0 aromatic heterocycles. The quantitative estimate of drug-likeness (QED) is 0.743. The minimum atomic E-state index is -0.432. The van der Waals surface area contributed by atoms with Gasteiger partial charge in [0.15, 0.2) is 0 Å². The van der Waals surface area contributed by atoms with Gasteiger partial charge in [0.25, 0.3) is 0 Å². The third kappa shape index (κ3) is 5.86. The zero-order chi connectivity index (χ0) is 21.8. The van der Waals surface area contributed by atoms with E-state index in [4.69, 9.17) is 0 Å². The number of nitrogens with zero attached hydrogens (tertiary/aromatic N) is 2. The largest absolute Gasteiger partial charge is 0.335 e. The van der Waals surface area contributed by atoms with Gasteiger partial charge in [0.05, 0.1) is 12.6 Å². The third-order valence-corrected chi connectivity index (χ3v) is 5.68. The molecule has 3 amide bonds. The lowest BCUT2D eigenvalue weighted by Gasteiger charge is -2.39. The molecule has 2 aromatic rings. The highest BCUT2D eigenvalue weighted by molar-refractivity contribution is 5.95. The van der Waals surface area contributed by atoms with Crippen LogP contribution in [0.25, 0.3) is 0 Å². The highest BCUT2D eigenvalue weighted by Crippen LogP contribution is 2.30. The van der Waals surface area contributed by atoms with Gasteiger partial charge >= 0.3 is 6.03 Å². The van der Waals surface area contributed by atoms with Crippen LogP contribution >= 0.6 is 0 Å². The number of imide groups is 1. The molecular weight excluding hydrogens is 402 g/mol. The molecule has 1 aliphatic carbocycles. The zero-order valence-corrected chi connectivity index (χ0v) is 17.2. The second-order valence-electron chi connectivity index (χ2n) is 8.11. The number of rotatable bonds is 6. The van der Waals surface area contributed by atoms with Crippen LogP contribution in [0.3, 0.4) is 0 Å². The molecule has 0 radical (unpaired) electrons. The number of hydrogen-bond donors (Lipinski definition) is 2. The molecule has 1 saturated heterocycles. The first kappa shape index (κ1) is 21.4. The first-order chi connectivity index (χ1) is 15.0. The average molecular weight is 428 g/mol. The van der Waals surface area contributed by atoms with Crippen molar-refractivity contribution in [1.82, 2.24) is 20.4 Å². The van der Waals surface area contributed by atoms with E-state index in [2.05, 4.69) is 15.5 Å². The maximum absolute atomic E-state index is 13.4. The molecule has 2 fully saturated rings. The molecule has 0 spiro atoms. The van der Waals surface area contributed by atoms with E-state index in [0.717, 1.165) is 24.0 Å². The molecule has 4 rings (SSSR count). The summed E-state index contributed by atoms with van der Waals surface area (Å²) < 4.78 is 26.9. The summed E-state index contributed by atoms with van der Waals surface area (Å²) >= 11 is 0. The summed E-state index contributed by atoms with van der Waals surface area (Å²) in [6.45, 7) is 2.82. The third-order valence-electron chi connectivity index (χ3n) is 5.68. The van der Waals surface area contributed by atoms with Crippen LogP contribution in [0, 0.1) is 11.6 Å². The first-order valence-electron chi connectivity index (χ1n) is 10.6. The molecule has 31 heavy (non-hydrogen) atoms. The second kappa shape index (κ2) is 9.53. The van der Waals surface area contributed by atoms with E-state index in [9.17, 15) is 18.4 Å². The highest BCUT2D eigenvalue weighted by Gasteiger charge is 2.28. The van der Waals surface area contributed by atoms with Gasteiger partial charge in [-0.15, -0.1) is 0 Å². The summed E-state index contributed by atoms with van der Waals surface area (Å²) in [5.74, 6) is -0.925. The minimum Gasteiger partial charge on any atom is -0.335 e.